The summed E-state index contributed by atoms with van der Waals surface area (Å²) in [7, 11) is 0. The van der Waals surface area contributed by atoms with Crippen LogP contribution < -0.4 is 11.1 Å². The third kappa shape index (κ3) is 2.63. The highest BCUT2D eigenvalue weighted by Gasteiger charge is 2.18. The summed E-state index contributed by atoms with van der Waals surface area (Å²) in [5.74, 6) is -0.236. The Morgan fingerprint density at radius 3 is 2.81 bits per heavy atom. The lowest BCUT2D eigenvalue weighted by atomic mass is 10.3. The highest BCUT2D eigenvalue weighted by molar-refractivity contribution is 9.11. The maximum absolute atomic E-state index is 11.8. The Morgan fingerprint density at radius 2 is 2.31 bits per heavy atom. The van der Waals surface area contributed by atoms with E-state index in [0.29, 0.717) is 34.6 Å². The number of halogens is 1. The Hall–Kier alpha value is -1.30. The number of nitrogens with one attached hydrogen (secondary N) is 1. The molecule has 6 heteroatoms. The molecule has 0 bridgehead atoms. The molecule has 0 aliphatic rings. The predicted octanol–water partition coefficient (Wildman–Crippen LogP) is 1.43. The lowest BCUT2D eigenvalue weighted by molar-refractivity contribution is 0.0948. The van der Waals surface area contributed by atoms with Gasteiger partial charge in [0, 0.05) is 17.6 Å². The number of anilines is 1. The third-order valence-electron chi connectivity index (χ3n) is 2.13. The number of carbonyl (C=O) groups is 1. The maximum atomic E-state index is 11.8. The van der Waals surface area contributed by atoms with Gasteiger partial charge in [-0.1, -0.05) is 22.5 Å². The lowest BCUT2D eigenvalue weighted by Gasteiger charge is -2.06. The molecule has 1 aromatic heterocycles. The van der Waals surface area contributed by atoms with Crippen LogP contribution in [0.15, 0.2) is 11.1 Å². The topological polar surface area (TPSA) is 72.9 Å². The second-order valence-corrected chi connectivity index (χ2v) is 4.48. The van der Waals surface area contributed by atoms with Crippen LogP contribution in [0.1, 0.15) is 23.1 Å². The number of nitrogen functional groups attached to an aromatic ring is 1. The quantitative estimate of drug-likeness (QED) is 0.880. The fraction of sp³-hybridized carbons (Fsp3) is 0.400. The van der Waals surface area contributed by atoms with E-state index in [1.54, 1.807) is 11.6 Å². The van der Waals surface area contributed by atoms with E-state index in [1.165, 1.54) is 0 Å². The fourth-order valence-corrected chi connectivity index (χ4v) is 1.46. The first-order valence-corrected chi connectivity index (χ1v) is 5.71. The largest absolute Gasteiger partial charge is 0.395 e. The number of amides is 1. The van der Waals surface area contributed by atoms with E-state index in [9.17, 15) is 4.79 Å². The van der Waals surface area contributed by atoms with Crippen molar-refractivity contribution in [3.63, 3.8) is 0 Å². The van der Waals surface area contributed by atoms with Gasteiger partial charge in [0.25, 0.3) is 5.91 Å². The first-order valence-electron chi connectivity index (χ1n) is 4.91. The third-order valence-corrected chi connectivity index (χ3v) is 2.41. The van der Waals surface area contributed by atoms with Gasteiger partial charge in [0.1, 0.15) is 5.69 Å². The fourth-order valence-electron chi connectivity index (χ4n) is 1.32. The summed E-state index contributed by atoms with van der Waals surface area (Å²) in [5.41, 5.74) is 7.32. The molecule has 88 valence electrons. The van der Waals surface area contributed by atoms with Crippen LogP contribution in [0.4, 0.5) is 5.69 Å². The van der Waals surface area contributed by atoms with E-state index in [2.05, 4.69) is 32.9 Å². The van der Waals surface area contributed by atoms with Crippen molar-refractivity contribution in [2.75, 3.05) is 12.3 Å². The van der Waals surface area contributed by atoms with Crippen molar-refractivity contribution < 1.29 is 4.79 Å². The van der Waals surface area contributed by atoms with Crippen molar-refractivity contribution in [3.8, 4) is 0 Å². The van der Waals surface area contributed by atoms with E-state index in [4.69, 9.17) is 5.73 Å². The van der Waals surface area contributed by atoms with Gasteiger partial charge in [0.05, 0.1) is 11.4 Å². The highest BCUT2D eigenvalue weighted by atomic mass is 79.9. The highest BCUT2D eigenvalue weighted by Crippen LogP contribution is 2.16. The molecular formula is C10H15BrN4O. The number of rotatable bonds is 4. The molecule has 1 aromatic rings. The zero-order valence-corrected chi connectivity index (χ0v) is 11.0. The van der Waals surface area contributed by atoms with Crippen LogP contribution in [0, 0.1) is 6.92 Å². The van der Waals surface area contributed by atoms with Crippen LogP contribution in [0.25, 0.3) is 0 Å². The number of hydrogen-bond acceptors (Lipinski definition) is 3. The molecule has 0 atom stereocenters. The monoisotopic (exact) mass is 286 g/mol. The number of hydrogen-bond donors (Lipinski definition) is 2. The van der Waals surface area contributed by atoms with Crippen molar-refractivity contribution in [2.24, 2.45) is 0 Å². The van der Waals surface area contributed by atoms with E-state index >= 15 is 0 Å². The summed E-state index contributed by atoms with van der Waals surface area (Å²) in [6.07, 6.45) is 0. The van der Waals surface area contributed by atoms with Gasteiger partial charge in [-0.15, -0.1) is 0 Å². The minimum absolute atomic E-state index is 0.236. The SMILES string of the molecule is C=C(Br)CNC(=O)c1c(N)c(C)nn1CC. The van der Waals surface area contributed by atoms with Crippen molar-refractivity contribution in [1.29, 1.82) is 0 Å². The summed E-state index contributed by atoms with van der Waals surface area (Å²) in [5, 5.41) is 6.87. The first kappa shape index (κ1) is 12.8. The molecule has 0 unspecified atom stereocenters. The minimum atomic E-state index is -0.236. The van der Waals surface area contributed by atoms with Crippen molar-refractivity contribution in [2.45, 2.75) is 20.4 Å². The summed E-state index contributed by atoms with van der Waals surface area (Å²) in [6.45, 7) is 8.30. The molecule has 16 heavy (non-hydrogen) atoms. The van der Waals surface area contributed by atoms with Crippen molar-refractivity contribution >= 4 is 27.5 Å². The van der Waals surface area contributed by atoms with Crippen molar-refractivity contribution in [3.05, 3.63) is 22.4 Å². The average Bonchev–Trinajstić information content (AvgIpc) is 2.51. The number of aromatic nitrogens is 2. The standard InChI is InChI=1S/C10H15BrN4O/c1-4-15-9(8(12)7(3)14-15)10(16)13-5-6(2)11/h2,4-5,12H2,1,3H3,(H,13,16). The van der Waals surface area contributed by atoms with Crippen LogP contribution in [-0.2, 0) is 6.54 Å². The smallest absolute Gasteiger partial charge is 0.271 e. The Bertz CT molecular complexity index is 425. The molecule has 1 amide bonds. The molecule has 0 aliphatic carbocycles. The average molecular weight is 287 g/mol. The van der Waals surface area contributed by atoms with Gasteiger partial charge in [-0.2, -0.15) is 5.10 Å². The zero-order chi connectivity index (χ0) is 12.3. The summed E-state index contributed by atoms with van der Waals surface area (Å²) in [6, 6.07) is 0. The van der Waals surface area contributed by atoms with E-state index in [-0.39, 0.29) is 5.91 Å². The molecule has 1 rings (SSSR count). The molecule has 0 aromatic carbocycles. The van der Waals surface area contributed by atoms with Gasteiger partial charge in [0.2, 0.25) is 0 Å². The summed E-state index contributed by atoms with van der Waals surface area (Å²) < 4.78 is 2.30. The van der Waals surface area contributed by atoms with Crippen LogP contribution >= 0.6 is 15.9 Å². The molecular weight excluding hydrogens is 272 g/mol. The molecule has 0 saturated carbocycles. The van der Waals surface area contributed by atoms with Crippen LogP contribution in [0.2, 0.25) is 0 Å². The van der Waals surface area contributed by atoms with Gasteiger partial charge in [-0.3, -0.25) is 9.48 Å². The Kier molecular flexibility index (Phi) is 4.12. The van der Waals surface area contributed by atoms with Gasteiger partial charge < -0.3 is 11.1 Å². The number of nitrogens with two attached hydrogens (primary N) is 1. The van der Waals surface area contributed by atoms with Gasteiger partial charge in [-0.05, 0) is 13.8 Å². The molecule has 5 nitrogen and oxygen atoms in total. The van der Waals surface area contributed by atoms with Gasteiger partial charge in [0.15, 0.2) is 0 Å². The summed E-state index contributed by atoms with van der Waals surface area (Å²) >= 11 is 3.17. The first-order chi connectivity index (χ1) is 7.47. The Morgan fingerprint density at radius 1 is 1.69 bits per heavy atom. The van der Waals surface area contributed by atoms with E-state index < -0.39 is 0 Å². The molecule has 0 fully saturated rings. The molecule has 0 aliphatic heterocycles. The van der Waals surface area contributed by atoms with E-state index in [1.807, 2.05) is 6.92 Å². The number of nitrogens with zero attached hydrogens (tertiary/aromatic N) is 2. The van der Waals surface area contributed by atoms with Crippen LogP contribution in [0.5, 0.6) is 0 Å². The zero-order valence-electron chi connectivity index (χ0n) is 9.38. The Labute approximate surface area is 103 Å². The normalized spacial score (nSPS) is 10.2. The van der Waals surface area contributed by atoms with Crippen LogP contribution in [-0.4, -0.2) is 22.2 Å². The van der Waals surface area contributed by atoms with Gasteiger partial charge in [-0.25, -0.2) is 0 Å². The lowest BCUT2D eigenvalue weighted by Crippen LogP contribution is -2.27. The summed E-state index contributed by atoms with van der Waals surface area (Å²) in [4.78, 5) is 11.8. The molecule has 0 saturated heterocycles. The predicted molar refractivity (Wildman–Crippen MR) is 67.5 cm³/mol. The molecule has 3 N–H and O–H groups in total. The second-order valence-electron chi connectivity index (χ2n) is 3.36. The number of aryl methyl sites for hydroxylation is 2. The molecule has 0 spiro atoms. The second kappa shape index (κ2) is 5.16. The van der Waals surface area contributed by atoms with Crippen LogP contribution in [0.3, 0.4) is 0 Å². The maximum Gasteiger partial charge on any atom is 0.271 e. The van der Waals surface area contributed by atoms with E-state index in [0.717, 1.165) is 0 Å². The molecule has 1 heterocycles. The van der Waals surface area contributed by atoms with Crippen molar-refractivity contribution in [1.82, 2.24) is 15.1 Å². The van der Waals surface area contributed by atoms with Gasteiger partial charge >= 0.3 is 0 Å². The Balaban J connectivity index is 2.93. The minimum Gasteiger partial charge on any atom is -0.395 e. The number of carbonyl (C=O) groups excluding carboxylic acids is 1. The molecule has 0 radical (unpaired) electrons.